The number of rotatable bonds is 8. The summed E-state index contributed by atoms with van der Waals surface area (Å²) in [5.41, 5.74) is 5.99. The van der Waals surface area contributed by atoms with E-state index >= 15 is 0 Å². The highest BCUT2D eigenvalue weighted by molar-refractivity contribution is 7.18. The molecule has 214 valence electrons. The number of fused-ring (bicyclic) bond motifs is 3. The summed E-state index contributed by atoms with van der Waals surface area (Å²) < 4.78 is 13.5. The van der Waals surface area contributed by atoms with Crippen molar-refractivity contribution in [2.75, 3.05) is 0 Å². The first kappa shape index (κ1) is 27.3. The molecular weight excluding hydrogens is 583 g/mol. The maximum Gasteiger partial charge on any atom is 0.335 e. The number of aromatic nitrogens is 2. The molecule has 3 fully saturated rings. The van der Waals surface area contributed by atoms with E-state index in [1.54, 1.807) is 18.2 Å². The van der Waals surface area contributed by atoms with Crippen molar-refractivity contribution in [3.63, 3.8) is 0 Å². The number of hydrogen-bond donors (Lipinski definition) is 3. The van der Waals surface area contributed by atoms with E-state index in [1.165, 1.54) is 11.3 Å². The Morgan fingerprint density at radius 2 is 1.88 bits per heavy atom. The van der Waals surface area contributed by atoms with Gasteiger partial charge in [-0.15, -0.1) is 11.3 Å². The number of carboxylic acids is 1. The molecule has 0 saturated heterocycles. The minimum absolute atomic E-state index is 0.0646. The zero-order valence-electron chi connectivity index (χ0n) is 22.2. The summed E-state index contributed by atoms with van der Waals surface area (Å²) in [7, 11) is 0. The fourth-order valence-electron chi connectivity index (χ4n) is 6.89. The molecular formula is C30H30Cl2N4O4S. The lowest BCUT2D eigenvalue weighted by molar-refractivity contribution is -0.103. The second-order valence-electron chi connectivity index (χ2n) is 11.6. The first-order valence-electron chi connectivity index (χ1n) is 14.0. The lowest BCUT2D eigenvalue weighted by Gasteiger charge is -2.50. The fourth-order valence-corrected chi connectivity index (χ4v) is 8.64. The van der Waals surface area contributed by atoms with E-state index in [9.17, 15) is 9.90 Å². The number of thiazole rings is 1. The topological polar surface area (TPSA) is 124 Å². The second-order valence-corrected chi connectivity index (χ2v) is 13.5. The van der Waals surface area contributed by atoms with Crippen molar-refractivity contribution in [2.45, 2.75) is 69.1 Å². The van der Waals surface area contributed by atoms with Gasteiger partial charge in [0.25, 0.3) is 0 Å². The molecule has 0 amide bonds. The molecule has 0 spiro atoms. The van der Waals surface area contributed by atoms with Crippen molar-refractivity contribution in [3.8, 4) is 11.3 Å². The van der Waals surface area contributed by atoms with Gasteiger partial charge < -0.3 is 14.4 Å². The summed E-state index contributed by atoms with van der Waals surface area (Å²) >= 11 is 14.7. The number of carbonyl (C=O) groups is 1. The molecule has 7 rings (SSSR count). The van der Waals surface area contributed by atoms with Crippen molar-refractivity contribution in [1.29, 1.82) is 0 Å². The van der Waals surface area contributed by atoms with Gasteiger partial charge in [-0.25, -0.2) is 15.2 Å². The van der Waals surface area contributed by atoms with Gasteiger partial charge in [0, 0.05) is 17.0 Å². The largest absolute Gasteiger partial charge is 0.478 e. The molecule has 3 aliphatic carbocycles. The van der Waals surface area contributed by atoms with Crippen molar-refractivity contribution in [2.24, 2.45) is 17.7 Å². The second kappa shape index (κ2) is 10.6. The van der Waals surface area contributed by atoms with Gasteiger partial charge >= 0.3 is 5.97 Å². The van der Waals surface area contributed by atoms with Crippen LogP contribution in [0.1, 0.15) is 77.6 Å². The fraction of sp³-hybridized carbons (Fsp3) is 0.433. The molecule has 41 heavy (non-hydrogen) atoms. The van der Waals surface area contributed by atoms with Gasteiger partial charge in [-0.3, -0.25) is 5.84 Å². The zero-order chi connectivity index (χ0) is 28.3. The van der Waals surface area contributed by atoms with E-state index in [4.69, 9.17) is 43.3 Å². The van der Waals surface area contributed by atoms with Crippen LogP contribution in [0, 0.1) is 11.8 Å². The van der Waals surface area contributed by atoms with Crippen molar-refractivity contribution < 1.29 is 19.2 Å². The molecule has 2 heterocycles. The molecule has 4 aromatic rings. The van der Waals surface area contributed by atoms with E-state index < -0.39 is 11.5 Å². The van der Waals surface area contributed by atoms with Crippen LogP contribution in [0.15, 0.2) is 40.9 Å². The number of halogens is 2. The minimum Gasteiger partial charge on any atom is -0.478 e. The Balaban J connectivity index is 1.16. The van der Waals surface area contributed by atoms with Crippen LogP contribution >= 0.6 is 34.5 Å². The zero-order valence-corrected chi connectivity index (χ0v) is 24.6. The highest BCUT2D eigenvalue weighted by atomic mass is 35.5. The number of nitrogens with one attached hydrogen (secondary N) is 1. The number of nitrogens with two attached hydrogens (primary N) is 1. The van der Waals surface area contributed by atoms with Crippen LogP contribution in [0.25, 0.3) is 21.5 Å². The highest BCUT2D eigenvalue weighted by Gasteiger charge is 2.50. The van der Waals surface area contributed by atoms with Crippen LogP contribution in [-0.4, -0.2) is 27.3 Å². The first-order chi connectivity index (χ1) is 19.9. The third-order valence-electron chi connectivity index (χ3n) is 9.01. The third-order valence-corrected chi connectivity index (χ3v) is 10.9. The van der Waals surface area contributed by atoms with Crippen LogP contribution < -0.4 is 11.3 Å². The monoisotopic (exact) mass is 612 g/mol. The molecule has 2 bridgehead atoms. The molecule has 8 nitrogen and oxygen atoms in total. The van der Waals surface area contributed by atoms with Gasteiger partial charge in [0.1, 0.15) is 16.5 Å². The average Bonchev–Trinajstić information content (AvgIpc) is 3.56. The van der Waals surface area contributed by atoms with Crippen LogP contribution in [0.2, 0.25) is 10.0 Å². The number of hydrogen-bond acceptors (Lipinski definition) is 8. The summed E-state index contributed by atoms with van der Waals surface area (Å²) in [5.74, 6) is 7.15. The van der Waals surface area contributed by atoms with Crippen LogP contribution in [0.4, 0.5) is 0 Å². The summed E-state index contributed by atoms with van der Waals surface area (Å²) in [4.78, 5) is 16.4. The Bertz CT molecular complexity index is 1600. The quantitative estimate of drug-likeness (QED) is 0.140. The summed E-state index contributed by atoms with van der Waals surface area (Å²) in [6.07, 6.45) is 7.04. The van der Waals surface area contributed by atoms with Crippen LogP contribution in [-0.2, 0) is 16.9 Å². The molecule has 2 aromatic carbocycles. The van der Waals surface area contributed by atoms with E-state index in [1.807, 2.05) is 18.2 Å². The Labute approximate surface area is 251 Å². The normalized spacial score (nSPS) is 26.0. The van der Waals surface area contributed by atoms with Crippen molar-refractivity contribution in [1.82, 2.24) is 15.6 Å². The minimum atomic E-state index is -0.946. The maximum atomic E-state index is 11.5. The molecule has 4 N–H and O–H groups in total. The van der Waals surface area contributed by atoms with E-state index in [-0.39, 0.29) is 23.5 Å². The maximum absolute atomic E-state index is 11.5. The number of hydrazine groups is 1. The Morgan fingerprint density at radius 1 is 1.15 bits per heavy atom. The summed E-state index contributed by atoms with van der Waals surface area (Å²) in [5, 5.41) is 15.8. The van der Waals surface area contributed by atoms with Crippen molar-refractivity contribution in [3.05, 3.63) is 68.3 Å². The number of ether oxygens (including phenoxy) is 1. The van der Waals surface area contributed by atoms with E-state index in [2.05, 4.69) is 10.6 Å². The van der Waals surface area contributed by atoms with Crippen molar-refractivity contribution >= 4 is 50.7 Å². The lowest BCUT2D eigenvalue weighted by atomic mass is 9.63. The predicted octanol–water partition coefficient (Wildman–Crippen LogP) is 7.29. The van der Waals surface area contributed by atoms with E-state index in [0.717, 1.165) is 71.5 Å². The number of aromatic carboxylic acids is 1. The summed E-state index contributed by atoms with van der Waals surface area (Å²) in [6.45, 7) is 0.381. The molecule has 11 heteroatoms. The molecule has 2 atom stereocenters. The average molecular weight is 614 g/mol. The van der Waals surface area contributed by atoms with Crippen LogP contribution in [0.3, 0.4) is 0 Å². The van der Waals surface area contributed by atoms with Gasteiger partial charge in [0.2, 0.25) is 0 Å². The Kier molecular flexibility index (Phi) is 7.08. The SMILES string of the molecule is NNC1(c2nc3ccc(C(=O)O)cc3s2)CC2CCCC(C1)C2OCc1c(-c2c(Cl)cccc2Cl)noc1C1CC1. The number of carboxylic acid groups (broad SMARTS) is 1. The Hall–Kier alpha value is -2.53. The molecule has 3 saturated carbocycles. The van der Waals surface area contributed by atoms with Crippen LogP contribution in [0.5, 0.6) is 0 Å². The molecule has 2 aromatic heterocycles. The lowest BCUT2D eigenvalue weighted by Crippen LogP contribution is -2.57. The molecule has 2 unspecified atom stereocenters. The standard InChI is InChI=1S/C30H30Cl2N4O4S/c31-20-5-2-6-21(32)24(20)25-19(27(40-35-25)15-7-8-15)14-39-26-17-3-1-4-18(26)13-30(12-17,36-33)29-34-22-10-9-16(28(37)38)11-23(22)41-29/h2,5-6,9-11,15,17-18,26,36H,1,3-4,7-8,12-14,33H2,(H,37,38). The van der Waals surface area contributed by atoms with Gasteiger partial charge in [-0.1, -0.05) is 40.8 Å². The smallest absolute Gasteiger partial charge is 0.335 e. The van der Waals surface area contributed by atoms with Gasteiger partial charge in [-0.2, -0.15) is 0 Å². The van der Waals surface area contributed by atoms with Gasteiger partial charge in [-0.05, 0) is 80.7 Å². The number of nitrogens with zero attached hydrogens (tertiary/aromatic N) is 2. The van der Waals surface area contributed by atoms with Gasteiger partial charge in [0.05, 0.1) is 44.1 Å². The molecule has 0 radical (unpaired) electrons. The van der Waals surface area contributed by atoms with E-state index in [0.29, 0.717) is 33.8 Å². The third kappa shape index (κ3) is 4.86. The highest BCUT2D eigenvalue weighted by Crippen LogP contribution is 2.52. The molecule has 0 aliphatic heterocycles. The predicted molar refractivity (Wildman–Crippen MR) is 158 cm³/mol. The number of benzene rings is 2. The Morgan fingerprint density at radius 3 is 2.54 bits per heavy atom. The first-order valence-corrected chi connectivity index (χ1v) is 15.6. The summed E-state index contributed by atoms with van der Waals surface area (Å²) in [6, 6.07) is 10.5. The molecule has 3 aliphatic rings. The van der Waals surface area contributed by atoms with Gasteiger partial charge in [0.15, 0.2) is 0 Å².